The number of nitrogens with one attached hydrogen (secondary N) is 2. The van der Waals surface area contributed by atoms with Gasteiger partial charge in [0.05, 0.1) is 68.1 Å². The van der Waals surface area contributed by atoms with Crippen molar-refractivity contribution in [1.82, 2.24) is 15.8 Å². The molecule has 3 aliphatic heterocycles. The molecule has 3 fully saturated rings. The van der Waals surface area contributed by atoms with Crippen molar-refractivity contribution in [1.29, 1.82) is 0 Å². The van der Waals surface area contributed by atoms with Crippen molar-refractivity contribution in [2.24, 2.45) is 5.10 Å². The topological polar surface area (TPSA) is 210 Å². The third kappa shape index (κ3) is 5.74. The molecule has 0 radical (unpaired) electrons. The Labute approximate surface area is 287 Å². The average molecular weight is 699 g/mol. The van der Waals surface area contributed by atoms with Gasteiger partial charge in [-0.2, -0.15) is 10.7 Å². The third-order valence-corrected chi connectivity index (χ3v) is 10.3. The van der Waals surface area contributed by atoms with Crippen molar-refractivity contribution in [3.8, 4) is 17.2 Å². The highest BCUT2D eigenvalue weighted by Gasteiger charge is 2.53. The minimum atomic E-state index is -1.97. The maximum atomic E-state index is 14.0. The molecule has 0 unspecified atom stereocenters. The first kappa shape index (κ1) is 34.7. The van der Waals surface area contributed by atoms with Gasteiger partial charge < -0.3 is 49.4 Å². The molecule has 7 rings (SSSR count). The highest BCUT2D eigenvalue weighted by atomic mass is 16.7. The summed E-state index contributed by atoms with van der Waals surface area (Å²) in [6.07, 6.45) is -3.22. The maximum Gasteiger partial charge on any atom is 0.202 e. The number of benzene rings is 2. The van der Waals surface area contributed by atoms with E-state index in [9.17, 15) is 30.0 Å². The Hall–Kier alpha value is -3.71. The first-order valence-electron chi connectivity index (χ1n) is 16.7. The van der Waals surface area contributed by atoms with E-state index in [1.165, 1.54) is 19.2 Å². The molecule has 0 amide bonds. The predicted octanol–water partition coefficient (Wildman–Crippen LogP) is 0.266. The van der Waals surface area contributed by atoms with Crippen molar-refractivity contribution < 1.29 is 58.5 Å². The number of carbonyl (C=O) groups is 2. The van der Waals surface area contributed by atoms with E-state index in [1.54, 1.807) is 13.1 Å². The number of phenolic OH excluding ortho intramolecular Hbond substituents is 2. The second-order valence-electron chi connectivity index (χ2n) is 13.1. The fraction of sp³-hybridized carbons (Fsp3) is 0.559. The van der Waals surface area contributed by atoms with E-state index in [2.05, 4.69) is 20.9 Å². The molecule has 16 heteroatoms. The first-order chi connectivity index (χ1) is 24.1. The molecule has 270 valence electrons. The van der Waals surface area contributed by atoms with Crippen molar-refractivity contribution in [2.75, 3.05) is 53.7 Å². The molecule has 0 aromatic heterocycles. The standard InChI is InChI=1S/C34H42N4O12/c1-16-33-19(38-8-10-46-15-23(38)50-33)11-24(48-16)49-21-13-34(44,22(14-39)36-37-47-9-7-35-2)12-18-26(21)32(43)28-27(30(18)41)29(40)17-5-4-6-20(45-3)25(17)31(28)42/h4-6,16,19,21,23-24,33,35,37,39,41,43-44H,7-15H2,1-3H3/b36-22+/t16-,19-,21-,23+,24-,33+,34-/m0/s1. The normalized spacial score (nSPS) is 30.6. The summed E-state index contributed by atoms with van der Waals surface area (Å²) in [4.78, 5) is 35.4. The van der Waals surface area contributed by atoms with Crippen LogP contribution in [0.2, 0.25) is 0 Å². The molecule has 2 aromatic carbocycles. The van der Waals surface area contributed by atoms with Crippen molar-refractivity contribution >= 4 is 17.3 Å². The fourth-order valence-corrected chi connectivity index (χ4v) is 7.91. The summed E-state index contributed by atoms with van der Waals surface area (Å²) in [5.74, 6) is -2.44. The van der Waals surface area contributed by atoms with Crippen LogP contribution < -0.4 is 15.6 Å². The third-order valence-electron chi connectivity index (χ3n) is 10.3. The number of hydrogen-bond acceptors (Lipinski definition) is 16. The minimum absolute atomic E-state index is 0.00440. The number of morpholine rings is 1. The number of hydrogen-bond donors (Lipinski definition) is 6. The molecule has 0 saturated carbocycles. The van der Waals surface area contributed by atoms with E-state index in [4.69, 9.17) is 28.5 Å². The number of hydrazone groups is 1. The second kappa shape index (κ2) is 13.8. The summed E-state index contributed by atoms with van der Waals surface area (Å²) in [5.41, 5.74) is -0.582. The number of phenols is 2. The summed E-state index contributed by atoms with van der Waals surface area (Å²) in [6.45, 7) is 3.55. The van der Waals surface area contributed by atoms with Gasteiger partial charge in [0.2, 0.25) is 5.78 Å². The number of aliphatic hydroxyl groups is 2. The fourth-order valence-electron chi connectivity index (χ4n) is 7.91. The van der Waals surface area contributed by atoms with Gasteiger partial charge in [0, 0.05) is 55.1 Å². The molecule has 3 heterocycles. The van der Waals surface area contributed by atoms with Crippen LogP contribution in [0.25, 0.3) is 0 Å². The van der Waals surface area contributed by atoms with Crippen molar-refractivity contribution in [2.45, 2.75) is 68.7 Å². The molecule has 7 atom stereocenters. The number of rotatable bonds is 10. The predicted molar refractivity (Wildman–Crippen MR) is 173 cm³/mol. The Balaban J connectivity index is 1.30. The highest BCUT2D eigenvalue weighted by molar-refractivity contribution is 6.31. The zero-order valence-electron chi connectivity index (χ0n) is 28.0. The van der Waals surface area contributed by atoms with Crippen LogP contribution in [0.3, 0.4) is 0 Å². The number of fused-ring (bicyclic) bond motifs is 6. The first-order valence-corrected chi connectivity index (χ1v) is 16.7. The van der Waals surface area contributed by atoms with Crippen molar-refractivity contribution in [3.05, 3.63) is 51.6 Å². The number of nitrogens with zero attached hydrogens (tertiary/aromatic N) is 2. The Morgan fingerprint density at radius 1 is 1.14 bits per heavy atom. The number of carbonyl (C=O) groups excluding carboxylic acids is 2. The average Bonchev–Trinajstić information content (AvgIpc) is 3.49. The summed E-state index contributed by atoms with van der Waals surface area (Å²) < 4.78 is 30.1. The molecular formula is C34H42N4O12. The number of ketones is 2. The van der Waals surface area contributed by atoms with Gasteiger partial charge in [0.15, 0.2) is 12.1 Å². The van der Waals surface area contributed by atoms with Crippen LogP contribution in [0, 0.1) is 0 Å². The lowest BCUT2D eigenvalue weighted by Gasteiger charge is -2.43. The van der Waals surface area contributed by atoms with Gasteiger partial charge in [-0.05, 0) is 20.0 Å². The molecular weight excluding hydrogens is 656 g/mol. The SMILES string of the molecule is CNCCON/N=C(\CO)[C@]1(O)Cc2c(O)c3c(c(O)c2[C@@H](O[C@H]2C[C@H]4[C@H](O[C@@H]5COCCN54)[C@H](C)O2)C1)C(=O)c1c(OC)cccc1C3=O. The van der Waals surface area contributed by atoms with E-state index in [0.29, 0.717) is 32.7 Å². The summed E-state index contributed by atoms with van der Waals surface area (Å²) in [5, 5.41) is 53.3. The van der Waals surface area contributed by atoms with Crippen LogP contribution in [0.1, 0.15) is 68.8 Å². The van der Waals surface area contributed by atoms with Gasteiger partial charge in [0.25, 0.3) is 0 Å². The molecule has 2 aromatic rings. The lowest BCUT2D eigenvalue weighted by Crippen LogP contribution is -2.53. The molecule has 2 aliphatic carbocycles. The van der Waals surface area contributed by atoms with Crippen LogP contribution in [-0.2, 0) is 30.2 Å². The molecule has 3 saturated heterocycles. The second-order valence-corrected chi connectivity index (χ2v) is 13.1. The molecule has 0 spiro atoms. The highest BCUT2D eigenvalue weighted by Crippen LogP contribution is 2.53. The van der Waals surface area contributed by atoms with Crippen LogP contribution in [0.15, 0.2) is 23.3 Å². The van der Waals surface area contributed by atoms with Crippen LogP contribution >= 0.6 is 0 Å². The van der Waals surface area contributed by atoms with Crippen molar-refractivity contribution in [3.63, 3.8) is 0 Å². The largest absolute Gasteiger partial charge is 0.507 e. The zero-order chi connectivity index (χ0) is 35.3. The van der Waals surface area contributed by atoms with Crippen LogP contribution in [0.4, 0.5) is 0 Å². The van der Waals surface area contributed by atoms with E-state index >= 15 is 0 Å². The van der Waals surface area contributed by atoms with E-state index in [1.807, 2.05) is 6.92 Å². The maximum absolute atomic E-state index is 14.0. The summed E-state index contributed by atoms with van der Waals surface area (Å²) in [7, 11) is 3.11. The van der Waals surface area contributed by atoms with Gasteiger partial charge in [0.1, 0.15) is 35.2 Å². The molecule has 0 bridgehead atoms. The Morgan fingerprint density at radius 2 is 1.94 bits per heavy atom. The lowest BCUT2D eigenvalue weighted by molar-refractivity contribution is -0.245. The summed E-state index contributed by atoms with van der Waals surface area (Å²) in [6, 6.07) is 4.45. The Kier molecular flexibility index (Phi) is 9.57. The molecule has 5 aliphatic rings. The smallest absolute Gasteiger partial charge is 0.202 e. The lowest BCUT2D eigenvalue weighted by atomic mass is 9.71. The van der Waals surface area contributed by atoms with Crippen LogP contribution in [-0.4, -0.2) is 133 Å². The number of aliphatic hydroxyl groups excluding tert-OH is 1. The molecule has 50 heavy (non-hydrogen) atoms. The molecule has 16 nitrogen and oxygen atoms in total. The number of likely N-dealkylation sites (N-methyl/N-ethyl adjacent to an activating group) is 1. The Morgan fingerprint density at radius 3 is 2.70 bits per heavy atom. The van der Waals surface area contributed by atoms with E-state index in [-0.39, 0.29) is 65.1 Å². The number of methoxy groups -OCH3 is 1. The monoisotopic (exact) mass is 698 g/mol. The minimum Gasteiger partial charge on any atom is -0.507 e. The quantitative estimate of drug-likeness (QED) is 0.0727. The number of aromatic hydroxyl groups is 2. The van der Waals surface area contributed by atoms with Gasteiger partial charge >= 0.3 is 0 Å². The van der Waals surface area contributed by atoms with Gasteiger partial charge in [-0.25, -0.2) is 0 Å². The summed E-state index contributed by atoms with van der Waals surface area (Å²) >= 11 is 0. The van der Waals surface area contributed by atoms with E-state index in [0.717, 1.165) is 0 Å². The van der Waals surface area contributed by atoms with E-state index < -0.39 is 71.3 Å². The van der Waals surface area contributed by atoms with Gasteiger partial charge in [-0.15, -0.1) is 0 Å². The zero-order valence-corrected chi connectivity index (χ0v) is 28.0. The Bertz CT molecular complexity index is 1700. The number of ether oxygens (including phenoxy) is 5. The van der Waals surface area contributed by atoms with Gasteiger partial charge in [-0.3, -0.25) is 19.3 Å². The van der Waals surface area contributed by atoms with Crippen LogP contribution in [0.5, 0.6) is 17.2 Å². The molecule has 6 N–H and O–H groups in total. The van der Waals surface area contributed by atoms with Gasteiger partial charge in [-0.1, -0.05) is 12.1 Å².